The summed E-state index contributed by atoms with van der Waals surface area (Å²) >= 11 is 17.2. The molecular formula is C35H33BrCl2N2O4S. The molecule has 6 nitrogen and oxygen atoms in total. The number of carbonyl (C=O) groups excluding carboxylic acids is 1. The third kappa shape index (κ3) is 7.30. The predicted octanol–water partition coefficient (Wildman–Crippen LogP) is 8.35. The van der Waals surface area contributed by atoms with Crippen molar-refractivity contribution in [1.82, 2.24) is 4.57 Å². The first-order chi connectivity index (χ1) is 21.6. The second-order valence-electron chi connectivity index (χ2n) is 10.9. The number of hydrogen-bond acceptors (Lipinski definition) is 6. The summed E-state index contributed by atoms with van der Waals surface area (Å²) in [5.41, 5.74) is 4.49. The number of carbonyl (C=O) groups is 1. The Hall–Kier alpha value is -3.17. The number of nitrogens with zero attached hydrogens (tertiary/aromatic N) is 2. The first-order valence-corrected chi connectivity index (χ1v) is 17.2. The van der Waals surface area contributed by atoms with E-state index in [1.54, 1.807) is 23.6 Å². The number of thiazole rings is 1. The van der Waals surface area contributed by atoms with Crippen LogP contribution in [0.15, 0.2) is 86.2 Å². The Morgan fingerprint density at radius 3 is 2.49 bits per heavy atom. The number of allylic oxidation sites excluding steroid dienone is 1. The SMILES string of the molecule is CCCC1=C(C(=O)OCC)[C@@H](c2ccc(C(C)C)cc2)n2c(s/c(=C\c3ccc(OCc4ccc(Cl)cc4Cl)c(Br)c3)c2=O)=N1. The molecule has 1 aliphatic heterocycles. The lowest BCUT2D eigenvalue weighted by Gasteiger charge is -2.26. The van der Waals surface area contributed by atoms with Crippen molar-refractivity contribution in [2.75, 3.05) is 6.61 Å². The first kappa shape index (κ1) is 33.2. The Kier molecular flexibility index (Phi) is 10.7. The van der Waals surface area contributed by atoms with E-state index in [4.69, 9.17) is 37.7 Å². The van der Waals surface area contributed by atoms with Gasteiger partial charge in [-0.2, -0.15) is 0 Å². The third-order valence-corrected chi connectivity index (χ3v) is 9.65. The highest BCUT2D eigenvalue weighted by Gasteiger charge is 2.34. The third-order valence-electron chi connectivity index (χ3n) is 7.46. The molecular weight excluding hydrogens is 695 g/mol. The Morgan fingerprint density at radius 2 is 1.84 bits per heavy atom. The van der Waals surface area contributed by atoms with Gasteiger partial charge in [0.1, 0.15) is 12.4 Å². The average Bonchev–Trinajstić information content (AvgIpc) is 3.31. The molecule has 1 aromatic heterocycles. The topological polar surface area (TPSA) is 69.9 Å². The fourth-order valence-corrected chi connectivity index (χ4v) is 7.16. The number of benzene rings is 3. The molecule has 0 unspecified atom stereocenters. The second kappa shape index (κ2) is 14.5. The Bertz CT molecular complexity index is 1950. The lowest BCUT2D eigenvalue weighted by molar-refractivity contribution is -0.139. The molecule has 3 aromatic carbocycles. The molecule has 10 heteroatoms. The van der Waals surface area contributed by atoms with Gasteiger partial charge >= 0.3 is 5.97 Å². The molecule has 2 heterocycles. The van der Waals surface area contributed by atoms with Crippen LogP contribution in [0.5, 0.6) is 5.75 Å². The van der Waals surface area contributed by atoms with Crippen molar-refractivity contribution in [2.45, 2.75) is 59.1 Å². The number of fused-ring (bicyclic) bond motifs is 1. The van der Waals surface area contributed by atoms with Crippen molar-refractivity contribution in [3.05, 3.63) is 128 Å². The molecule has 0 N–H and O–H groups in total. The first-order valence-electron chi connectivity index (χ1n) is 14.8. The maximum Gasteiger partial charge on any atom is 0.338 e. The molecule has 0 spiro atoms. The molecule has 234 valence electrons. The van der Waals surface area contributed by atoms with Crippen molar-refractivity contribution in [3.63, 3.8) is 0 Å². The summed E-state index contributed by atoms with van der Waals surface area (Å²) < 4.78 is 14.4. The van der Waals surface area contributed by atoms with E-state index in [9.17, 15) is 9.59 Å². The van der Waals surface area contributed by atoms with Gasteiger partial charge in [0.05, 0.1) is 32.9 Å². The van der Waals surface area contributed by atoms with E-state index in [1.807, 2.05) is 49.4 Å². The molecule has 0 bridgehead atoms. The molecule has 0 fully saturated rings. The molecule has 4 aromatic rings. The zero-order valence-electron chi connectivity index (χ0n) is 25.4. The van der Waals surface area contributed by atoms with Crippen LogP contribution in [-0.2, 0) is 16.1 Å². The van der Waals surface area contributed by atoms with Crippen molar-refractivity contribution in [1.29, 1.82) is 0 Å². The van der Waals surface area contributed by atoms with Gasteiger partial charge in [0, 0.05) is 15.6 Å². The molecule has 1 atom stereocenters. The van der Waals surface area contributed by atoms with E-state index in [2.05, 4.69) is 41.9 Å². The lowest BCUT2D eigenvalue weighted by Crippen LogP contribution is -2.40. The Morgan fingerprint density at radius 1 is 1.09 bits per heavy atom. The van der Waals surface area contributed by atoms with Gasteiger partial charge in [-0.05, 0) is 82.2 Å². The minimum atomic E-state index is -0.646. The fraction of sp³-hybridized carbons (Fsp3) is 0.286. The summed E-state index contributed by atoms with van der Waals surface area (Å²) in [4.78, 5) is 32.9. The fourth-order valence-electron chi connectivity index (χ4n) is 5.17. The predicted molar refractivity (Wildman–Crippen MR) is 185 cm³/mol. The van der Waals surface area contributed by atoms with Gasteiger partial charge in [-0.3, -0.25) is 9.36 Å². The van der Waals surface area contributed by atoms with Crippen LogP contribution in [0.4, 0.5) is 0 Å². The molecule has 45 heavy (non-hydrogen) atoms. The van der Waals surface area contributed by atoms with Crippen LogP contribution in [0, 0.1) is 0 Å². The van der Waals surface area contributed by atoms with E-state index in [0.29, 0.717) is 48.7 Å². The van der Waals surface area contributed by atoms with Crippen molar-refractivity contribution >= 4 is 62.5 Å². The maximum atomic E-state index is 14.1. The molecule has 0 aliphatic carbocycles. The molecule has 1 aliphatic rings. The highest BCUT2D eigenvalue weighted by molar-refractivity contribution is 9.10. The van der Waals surface area contributed by atoms with Crippen LogP contribution in [0.1, 0.15) is 74.8 Å². The smallest absolute Gasteiger partial charge is 0.338 e. The van der Waals surface area contributed by atoms with Gasteiger partial charge in [0.25, 0.3) is 5.56 Å². The van der Waals surface area contributed by atoms with E-state index in [-0.39, 0.29) is 18.8 Å². The minimum absolute atomic E-state index is 0.220. The van der Waals surface area contributed by atoms with E-state index in [0.717, 1.165) is 27.6 Å². The van der Waals surface area contributed by atoms with Gasteiger partial charge in [-0.15, -0.1) is 0 Å². The van der Waals surface area contributed by atoms with E-state index >= 15 is 0 Å². The van der Waals surface area contributed by atoms with Crippen molar-refractivity contribution < 1.29 is 14.3 Å². The highest BCUT2D eigenvalue weighted by Crippen LogP contribution is 2.33. The highest BCUT2D eigenvalue weighted by atomic mass is 79.9. The number of hydrogen-bond donors (Lipinski definition) is 0. The summed E-state index contributed by atoms with van der Waals surface area (Å²) in [6.45, 7) is 8.59. The largest absolute Gasteiger partial charge is 0.488 e. The zero-order chi connectivity index (χ0) is 32.2. The van der Waals surface area contributed by atoms with Gasteiger partial charge in [-0.25, -0.2) is 9.79 Å². The Labute approximate surface area is 284 Å². The quantitative estimate of drug-likeness (QED) is 0.154. The Balaban J connectivity index is 1.55. The summed E-state index contributed by atoms with van der Waals surface area (Å²) in [5.74, 6) is 0.534. The van der Waals surface area contributed by atoms with Crippen LogP contribution in [0.3, 0.4) is 0 Å². The number of rotatable bonds is 10. The summed E-state index contributed by atoms with van der Waals surface area (Å²) in [7, 11) is 0. The maximum absolute atomic E-state index is 14.1. The lowest BCUT2D eigenvalue weighted by atomic mass is 9.92. The standard InChI is InChI=1S/C35H33BrCl2N2O4S/c1-5-7-28-31(34(42)43-6-2)32(23-11-9-22(10-12-23)20(3)4)40-33(41)30(45-35(40)39-28)17-21-8-15-29(26(36)16-21)44-19-24-13-14-25(37)18-27(24)38/h8-18,20,32H,5-7,19H2,1-4H3/b30-17-/t32-/m1/s1. The number of aromatic nitrogens is 1. The average molecular weight is 729 g/mol. The zero-order valence-corrected chi connectivity index (χ0v) is 29.3. The van der Waals surface area contributed by atoms with Gasteiger partial charge in [0.2, 0.25) is 0 Å². The van der Waals surface area contributed by atoms with Crippen LogP contribution in [0.25, 0.3) is 6.08 Å². The van der Waals surface area contributed by atoms with Crippen molar-refractivity contribution in [2.24, 2.45) is 4.99 Å². The molecule has 0 saturated heterocycles. The van der Waals surface area contributed by atoms with Crippen LogP contribution in [0.2, 0.25) is 10.0 Å². The molecule has 5 rings (SSSR count). The van der Waals surface area contributed by atoms with E-state index < -0.39 is 12.0 Å². The minimum Gasteiger partial charge on any atom is -0.488 e. The summed E-state index contributed by atoms with van der Waals surface area (Å²) in [6.07, 6.45) is 3.22. The second-order valence-corrected chi connectivity index (χ2v) is 13.7. The molecule has 0 saturated carbocycles. The number of esters is 1. The van der Waals surface area contributed by atoms with Crippen molar-refractivity contribution in [3.8, 4) is 5.75 Å². The number of halogens is 3. The summed E-state index contributed by atoms with van der Waals surface area (Å²) in [6, 6.07) is 18.4. The van der Waals surface area contributed by atoms with Crippen LogP contribution in [-0.4, -0.2) is 17.1 Å². The number of ether oxygens (including phenoxy) is 2. The molecule has 0 radical (unpaired) electrons. The monoisotopic (exact) mass is 726 g/mol. The van der Waals surface area contributed by atoms with Crippen LogP contribution >= 0.6 is 50.5 Å². The van der Waals surface area contributed by atoms with Gasteiger partial charge in [-0.1, -0.05) is 98.1 Å². The normalized spacial score (nSPS) is 14.8. The summed E-state index contributed by atoms with van der Waals surface area (Å²) in [5, 5.41) is 1.10. The van der Waals surface area contributed by atoms with E-state index in [1.165, 1.54) is 16.9 Å². The van der Waals surface area contributed by atoms with Gasteiger partial charge in [0.15, 0.2) is 4.80 Å². The molecule has 0 amide bonds. The van der Waals surface area contributed by atoms with Gasteiger partial charge < -0.3 is 9.47 Å². The van der Waals surface area contributed by atoms with Crippen LogP contribution < -0.4 is 19.6 Å².